The van der Waals surface area contributed by atoms with E-state index >= 15 is 0 Å². The highest BCUT2D eigenvalue weighted by Crippen LogP contribution is 2.35. The molecule has 0 spiro atoms. The van der Waals surface area contributed by atoms with Crippen LogP contribution < -0.4 is 10.2 Å². The Bertz CT molecular complexity index is 1180. The van der Waals surface area contributed by atoms with Crippen molar-refractivity contribution in [1.82, 2.24) is 14.9 Å². The van der Waals surface area contributed by atoms with Gasteiger partial charge >= 0.3 is 6.18 Å². The highest BCUT2D eigenvalue weighted by Gasteiger charge is 2.38. The Hall–Kier alpha value is -3.56. The number of halogens is 3. The molecule has 2 aliphatic rings. The van der Waals surface area contributed by atoms with Gasteiger partial charge in [-0.1, -0.05) is 12.1 Å². The van der Waals surface area contributed by atoms with Crippen molar-refractivity contribution in [3.05, 3.63) is 42.6 Å². The average Bonchev–Trinajstić information content (AvgIpc) is 3.45. The number of alkyl halides is 3. The van der Waals surface area contributed by atoms with E-state index in [9.17, 15) is 22.8 Å². The Kier molecular flexibility index (Phi) is 5.22. The fraction of sp³-hybridized carbons (Fsp3) is 0.348. The summed E-state index contributed by atoms with van der Waals surface area (Å²) in [5, 5.41) is 4.19. The molecule has 2 fully saturated rings. The second kappa shape index (κ2) is 8.09. The van der Waals surface area contributed by atoms with Gasteiger partial charge in [-0.15, -0.1) is 0 Å². The van der Waals surface area contributed by atoms with Crippen molar-refractivity contribution >= 4 is 34.9 Å². The van der Waals surface area contributed by atoms with Crippen LogP contribution in [0.25, 0.3) is 22.2 Å². The van der Waals surface area contributed by atoms with Crippen molar-refractivity contribution in [3.63, 3.8) is 0 Å². The highest BCUT2D eigenvalue weighted by atomic mass is 19.4. The van der Waals surface area contributed by atoms with Crippen LogP contribution >= 0.6 is 0 Å². The van der Waals surface area contributed by atoms with Crippen LogP contribution in [-0.4, -0.2) is 58.5 Å². The van der Waals surface area contributed by atoms with Gasteiger partial charge in [-0.05, 0) is 48.2 Å². The van der Waals surface area contributed by atoms with Gasteiger partial charge in [-0.25, -0.2) is 4.98 Å². The van der Waals surface area contributed by atoms with E-state index in [0.29, 0.717) is 11.5 Å². The van der Waals surface area contributed by atoms with Crippen LogP contribution in [0.15, 0.2) is 42.6 Å². The first kappa shape index (κ1) is 21.3. The van der Waals surface area contributed by atoms with Crippen LogP contribution in [0.4, 0.5) is 24.7 Å². The first-order chi connectivity index (χ1) is 15.8. The van der Waals surface area contributed by atoms with E-state index in [2.05, 4.69) is 15.3 Å². The summed E-state index contributed by atoms with van der Waals surface area (Å²) in [6.45, 7) is 0.494. The normalized spacial score (nSPS) is 16.5. The quantitative estimate of drug-likeness (QED) is 0.527. The Labute approximate surface area is 187 Å². The zero-order chi connectivity index (χ0) is 23.2. The fourth-order valence-electron chi connectivity index (χ4n) is 4.11. The number of H-pyrrole nitrogens is 1. The third kappa shape index (κ3) is 4.50. The van der Waals surface area contributed by atoms with E-state index in [1.165, 1.54) is 4.90 Å². The number of carbonyl (C=O) groups excluding carboxylic acids is 2. The summed E-state index contributed by atoms with van der Waals surface area (Å²) >= 11 is 0. The number of aromatic nitrogens is 2. The molecule has 2 amide bonds. The van der Waals surface area contributed by atoms with Gasteiger partial charge in [0, 0.05) is 36.4 Å². The summed E-state index contributed by atoms with van der Waals surface area (Å²) in [6.07, 6.45) is -1.32. The van der Waals surface area contributed by atoms with E-state index in [1.807, 2.05) is 42.6 Å². The number of likely N-dealkylation sites (tertiary alicyclic amines) is 1. The van der Waals surface area contributed by atoms with Crippen molar-refractivity contribution in [2.24, 2.45) is 0 Å². The standard InChI is InChI=1S/C23H22F3N5O2/c24-23(25,26)10-21(33)30-11-16(12-30)28-15-3-1-14(2-4-15)19-9-20(31(13-32)17-5-6-17)29-22-18(19)7-8-27-22/h1-4,7-9,13,16-17,28H,5-6,10-12H2,(H,27,29). The molecule has 1 saturated heterocycles. The van der Waals surface area contributed by atoms with Crippen LogP contribution in [0.2, 0.25) is 0 Å². The number of fused-ring (bicyclic) bond motifs is 1. The first-order valence-electron chi connectivity index (χ1n) is 10.7. The molecule has 0 bridgehead atoms. The van der Waals surface area contributed by atoms with Crippen molar-refractivity contribution in [2.75, 3.05) is 23.3 Å². The van der Waals surface area contributed by atoms with Gasteiger partial charge in [0.2, 0.25) is 12.3 Å². The van der Waals surface area contributed by atoms with Crippen molar-refractivity contribution in [1.29, 1.82) is 0 Å². The van der Waals surface area contributed by atoms with Crippen molar-refractivity contribution in [3.8, 4) is 11.1 Å². The Morgan fingerprint density at radius 2 is 1.94 bits per heavy atom. The SMILES string of the molecule is O=CN(c1cc(-c2ccc(NC3CN(C(=O)CC(F)(F)F)C3)cc2)c2cc[nH]c2n1)C1CC1. The van der Waals surface area contributed by atoms with E-state index < -0.39 is 18.5 Å². The fourth-order valence-corrected chi connectivity index (χ4v) is 4.11. The third-order valence-corrected chi connectivity index (χ3v) is 5.99. The molecule has 10 heteroatoms. The molecular formula is C23H22F3N5O2. The second-order valence-corrected chi connectivity index (χ2v) is 8.52. The molecule has 172 valence electrons. The molecule has 33 heavy (non-hydrogen) atoms. The molecule has 2 aromatic heterocycles. The molecule has 0 radical (unpaired) electrons. The molecule has 1 aromatic carbocycles. The number of hydrogen-bond donors (Lipinski definition) is 2. The molecule has 0 unspecified atom stereocenters. The summed E-state index contributed by atoms with van der Waals surface area (Å²) in [6, 6.07) is 11.7. The number of nitrogens with zero attached hydrogens (tertiary/aromatic N) is 3. The minimum atomic E-state index is -4.48. The Balaban J connectivity index is 1.29. The summed E-state index contributed by atoms with van der Waals surface area (Å²) < 4.78 is 37.1. The topological polar surface area (TPSA) is 81.3 Å². The van der Waals surface area contributed by atoms with E-state index in [4.69, 9.17) is 0 Å². The van der Waals surface area contributed by atoms with Crippen molar-refractivity contribution in [2.45, 2.75) is 37.5 Å². The molecule has 1 aliphatic carbocycles. The maximum absolute atomic E-state index is 12.4. The second-order valence-electron chi connectivity index (χ2n) is 8.52. The average molecular weight is 457 g/mol. The molecule has 7 nitrogen and oxygen atoms in total. The molecule has 3 aromatic rings. The van der Waals surface area contributed by atoms with Gasteiger partial charge < -0.3 is 15.2 Å². The highest BCUT2D eigenvalue weighted by molar-refractivity contribution is 5.96. The van der Waals surface area contributed by atoms with Gasteiger partial charge in [0.05, 0.1) is 6.04 Å². The summed E-state index contributed by atoms with van der Waals surface area (Å²) in [4.78, 5) is 33.8. The third-order valence-electron chi connectivity index (χ3n) is 5.99. The zero-order valence-corrected chi connectivity index (χ0v) is 17.6. The van der Waals surface area contributed by atoms with E-state index in [-0.39, 0.29) is 25.2 Å². The predicted molar refractivity (Wildman–Crippen MR) is 118 cm³/mol. The monoisotopic (exact) mass is 457 g/mol. The summed E-state index contributed by atoms with van der Waals surface area (Å²) in [7, 11) is 0. The van der Waals surface area contributed by atoms with Crippen LogP contribution in [0.5, 0.6) is 0 Å². The Morgan fingerprint density at radius 3 is 2.58 bits per heavy atom. The number of hydrogen-bond acceptors (Lipinski definition) is 4. The largest absolute Gasteiger partial charge is 0.397 e. The number of carbonyl (C=O) groups is 2. The van der Waals surface area contributed by atoms with Gasteiger partial charge in [-0.3, -0.25) is 14.5 Å². The summed E-state index contributed by atoms with van der Waals surface area (Å²) in [5.41, 5.74) is 3.42. The first-order valence-corrected chi connectivity index (χ1v) is 10.7. The van der Waals surface area contributed by atoms with Gasteiger partial charge in [0.1, 0.15) is 17.9 Å². The lowest BCUT2D eigenvalue weighted by atomic mass is 10.0. The molecule has 1 aliphatic heterocycles. The smallest absolute Gasteiger partial charge is 0.379 e. The molecule has 2 N–H and O–H groups in total. The zero-order valence-electron chi connectivity index (χ0n) is 17.6. The number of nitrogens with one attached hydrogen (secondary N) is 2. The molecule has 0 atom stereocenters. The van der Waals surface area contributed by atoms with E-state index in [1.54, 1.807) is 4.90 Å². The van der Waals surface area contributed by atoms with Crippen molar-refractivity contribution < 1.29 is 22.8 Å². The molecule has 5 rings (SSSR count). The lowest BCUT2D eigenvalue weighted by molar-refractivity contribution is -0.164. The minimum absolute atomic E-state index is 0.0865. The van der Waals surface area contributed by atoms with Crippen LogP contribution in [0.1, 0.15) is 19.3 Å². The number of aromatic amines is 1. The molecule has 3 heterocycles. The van der Waals surface area contributed by atoms with E-state index in [0.717, 1.165) is 41.5 Å². The van der Waals surface area contributed by atoms with Gasteiger partial charge in [0.15, 0.2) is 0 Å². The number of pyridine rings is 1. The number of amides is 2. The minimum Gasteiger partial charge on any atom is -0.379 e. The lowest BCUT2D eigenvalue weighted by Gasteiger charge is -2.40. The van der Waals surface area contributed by atoms with Crippen LogP contribution in [0.3, 0.4) is 0 Å². The number of benzene rings is 1. The number of anilines is 2. The van der Waals surface area contributed by atoms with Crippen LogP contribution in [-0.2, 0) is 9.59 Å². The van der Waals surface area contributed by atoms with Gasteiger partial charge in [0.25, 0.3) is 0 Å². The summed E-state index contributed by atoms with van der Waals surface area (Å²) in [5.74, 6) is -0.284. The maximum Gasteiger partial charge on any atom is 0.397 e. The van der Waals surface area contributed by atoms with Gasteiger partial charge in [-0.2, -0.15) is 13.2 Å². The Morgan fingerprint density at radius 1 is 1.21 bits per heavy atom. The lowest BCUT2D eigenvalue weighted by Crippen LogP contribution is -2.57. The maximum atomic E-state index is 12.4. The predicted octanol–water partition coefficient (Wildman–Crippen LogP) is 3.93. The van der Waals surface area contributed by atoms with Crippen LogP contribution in [0, 0.1) is 0 Å². The number of rotatable bonds is 7. The molecule has 1 saturated carbocycles. The molecular weight excluding hydrogens is 435 g/mol.